The van der Waals surface area contributed by atoms with Crippen LogP contribution in [0.1, 0.15) is 41.0 Å². The lowest BCUT2D eigenvalue weighted by Crippen LogP contribution is -2.34. The van der Waals surface area contributed by atoms with Gasteiger partial charge in [0, 0.05) is 6.54 Å². The highest BCUT2D eigenvalue weighted by molar-refractivity contribution is 6.20. The van der Waals surface area contributed by atoms with Crippen molar-refractivity contribution in [2.45, 2.75) is 52.5 Å². The largest absolute Gasteiger partial charge is 0.369 e. The normalized spacial score (nSPS) is 13.9. The number of amides is 1. The van der Waals surface area contributed by atoms with Crippen LogP contribution in [0, 0.1) is 5.41 Å². The van der Waals surface area contributed by atoms with Crippen molar-refractivity contribution in [3.63, 3.8) is 0 Å². The first-order valence-electron chi connectivity index (χ1n) is 5.73. The van der Waals surface area contributed by atoms with Gasteiger partial charge in [-0.3, -0.25) is 4.79 Å². The highest BCUT2D eigenvalue weighted by Crippen LogP contribution is 2.23. The molecule has 0 fully saturated rings. The first kappa shape index (κ1) is 15.7. The van der Waals surface area contributed by atoms with E-state index in [1.54, 1.807) is 0 Å². The maximum Gasteiger partial charge on any atom is 0.246 e. The van der Waals surface area contributed by atoms with Gasteiger partial charge < -0.3 is 10.1 Å². The van der Waals surface area contributed by atoms with Crippen molar-refractivity contribution in [3.05, 3.63) is 0 Å². The summed E-state index contributed by atoms with van der Waals surface area (Å²) in [6, 6.07) is 0. The van der Waals surface area contributed by atoms with Gasteiger partial charge in [0.1, 0.15) is 6.61 Å². The maximum absolute atomic E-state index is 11.3. The number of carbonyl (C=O) groups is 1. The Morgan fingerprint density at radius 1 is 1.38 bits per heavy atom. The van der Waals surface area contributed by atoms with E-state index < -0.39 is 0 Å². The molecule has 0 bridgehead atoms. The zero-order chi connectivity index (χ0) is 12.8. The van der Waals surface area contributed by atoms with Crippen LogP contribution in [0.3, 0.4) is 0 Å². The molecule has 1 atom stereocenters. The van der Waals surface area contributed by atoms with Crippen LogP contribution in [0.25, 0.3) is 0 Å². The predicted octanol–water partition coefficient (Wildman–Crippen LogP) is 2.57. The van der Waals surface area contributed by atoms with Crippen LogP contribution in [0.2, 0.25) is 0 Å². The molecule has 1 unspecified atom stereocenters. The molecule has 0 rings (SSSR count). The van der Waals surface area contributed by atoms with Crippen LogP contribution in [0.15, 0.2) is 0 Å². The van der Waals surface area contributed by atoms with Crippen LogP contribution >= 0.6 is 11.6 Å². The van der Waals surface area contributed by atoms with Crippen molar-refractivity contribution >= 4 is 17.5 Å². The number of carbonyl (C=O) groups excluding carboxylic acids is 1. The topological polar surface area (TPSA) is 38.3 Å². The van der Waals surface area contributed by atoms with Gasteiger partial charge in [0.25, 0.3) is 0 Å². The molecule has 0 saturated heterocycles. The van der Waals surface area contributed by atoms with Crippen molar-refractivity contribution in [2.75, 3.05) is 13.2 Å². The molecule has 0 aromatic heterocycles. The van der Waals surface area contributed by atoms with Crippen LogP contribution in [0.5, 0.6) is 0 Å². The van der Waals surface area contributed by atoms with E-state index in [2.05, 4.69) is 26.1 Å². The van der Waals surface area contributed by atoms with Gasteiger partial charge in [0.05, 0.1) is 11.5 Å². The third-order valence-electron chi connectivity index (χ3n) is 1.90. The van der Waals surface area contributed by atoms with Gasteiger partial charge in [-0.2, -0.15) is 0 Å². The third-order valence-corrected chi connectivity index (χ3v) is 2.21. The van der Waals surface area contributed by atoms with Crippen molar-refractivity contribution in [1.29, 1.82) is 0 Å². The summed E-state index contributed by atoms with van der Waals surface area (Å²) < 4.78 is 5.18. The molecule has 0 spiro atoms. The molecule has 0 aliphatic carbocycles. The van der Waals surface area contributed by atoms with E-state index in [1.807, 2.05) is 13.8 Å². The van der Waals surface area contributed by atoms with Gasteiger partial charge in [-0.15, -0.1) is 11.6 Å². The number of hydrogen-bond acceptors (Lipinski definition) is 2. The van der Waals surface area contributed by atoms with E-state index in [4.69, 9.17) is 16.3 Å². The zero-order valence-electron chi connectivity index (χ0n) is 11.0. The Labute approximate surface area is 104 Å². The summed E-state index contributed by atoms with van der Waals surface area (Å²) in [4.78, 5) is 11.3. The summed E-state index contributed by atoms with van der Waals surface area (Å²) in [5.74, 6) is -0.103. The molecule has 0 aromatic rings. The minimum Gasteiger partial charge on any atom is -0.369 e. The lowest BCUT2D eigenvalue weighted by Gasteiger charge is -2.22. The molecule has 1 amide bonds. The number of alkyl halides is 1. The van der Waals surface area contributed by atoms with Gasteiger partial charge in [-0.05, 0) is 25.7 Å². The molecule has 3 nitrogen and oxygen atoms in total. The zero-order valence-corrected chi connectivity index (χ0v) is 11.7. The smallest absolute Gasteiger partial charge is 0.246 e. The average molecular weight is 250 g/mol. The molecule has 0 aliphatic heterocycles. The Morgan fingerprint density at radius 2 is 1.94 bits per heavy atom. The molecule has 0 aliphatic rings. The second-order valence-corrected chi connectivity index (χ2v) is 6.14. The fourth-order valence-electron chi connectivity index (χ4n) is 1.25. The van der Waals surface area contributed by atoms with Gasteiger partial charge in [0.2, 0.25) is 5.91 Å². The number of hydrogen-bond donors (Lipinski definition) is 1. The first-order valence-corrected chi connectivity index (χ1v) is 6.17. The summed E-state index contributed by atoms with van der Waals surface area (Å²) in [7, 11) is 0. The fourth-order valence-corrected chi connectivity index (χ4v) is 1.79. The summed E-state index contributed by atoms with van der Waals surface area (Å²) in [6.45, 7) is 10.8. The summed E-state index contributed by atoms with van der Waals surface area (Å²) in [5, 5.41) is 2.74. The Kier molecular flexibility index (Phi) is 7.00. The van der Waals surface area contributed by atoms with Crippen molar-refractivity contribution in [2.24, 2.45) is 5.41 Å². The minimum absolute atomic E-state index is 0.0250. The van der Waals surface area contributed by atoms with E-state index in [9.17, 15) is 4.79 Å². The molecular weight excluding hydrogens is 226 g/mol. The lowest BCUT2D eigenvalue weighted by atomic mass is 9.90. The standard InChI is InChI=1S/C12H24ClNO2/c1-9(2)16-8-11(15)14-7-10(13)6-12(3,4)5/h9-10H,6-8H2,1-5H3,(H,14,15). The Bertz CT molecular complexity index is 212. The molecule has 0 aromatic carbocycles. The summed E-state index contributed by atoms with van der Waals surface area (Å²) in [6.07, 6.45) is 0.951. The second-order valence-electron chi connectivity index (χ2n) is 5.53. The average Bonchev–Trinajstić information content (AvgIpc) is 2.08. The Balaban J connectivity index is 3.67. The lowest BCUT2D eigenvalue weighted by molar-refractivity contribution is -0.127. The van der Waals surface area contributed by atoms with Crippen molar-refractivity contribution in [1.82, 2.24) is 5.32 Å². The predicted molar refractivity (Wildman–Crippen MR) is 67.8 cm³/mol. The maximum atomic E-state index is 11.3. The molecule has 0 saturated carbocycles. The Morgan fingerprint density at radius 3 is 2.38 bits per heavy atom. The third kappa shape index (κ3) is 10.2. The van der Waals surface area contributed by atoms with Gasteiger partial charge in [0.15, 0.2) is 0 Å². The van der Waals surface area contributed by atoms with Gasteiger partial charge >= 0.3 is 0 Å². The molecule has 96 valence electrons. The molecule has 0 heterocycles. The summed E-state index contributed by atoms with van der Waals surface area (Å²) >= 11 is 6.12. The van der Waals surface area contributed by atoms with Crippen molar-refractivity contribution < 1.29 is 9.53 Å². The van der Waals surface area contributed by atoms with Crippen LogP contribution in [-0.4, -0.2) is 30.5 Å². The molecule has 16 heavy (non-hydrogen) atoms. The van der Waals surface area contributed by atoms with E-state index in [0.717, 1.165) is 6.42 Å². The second kappa shape index (κ2) is 7.13. The molecular formula is C12H24ClNO2. The number of ether oxygens (including phenoxy) is 1. The highest BCUT2D eigenvalue weighted by Gasteiger charge is 2.17. The Hall–Kier alpha value is -0.280. The van der Waals surface area contributed by atoms with E-state index in [-0.39, 0.29) is 29.4 Å². The first-order chi connectivity index (χ1) is 7.20. The highest BCUT2D eigenvalue weighted by atomic mass is 35.5. The molecule has 1 N–H and O–H groups in total. The summed E-state index contributed by atoms with van der Waals surface area (Å²) in [5.41, 5.74) is 0.186. The van der Waals surface area contributed by atoms with Crippen LogP contribution in [0.4, 0.5) is 0 Å². The van der Waals surface area contributed by atoms with E-state index >= 15 is 0 Å². The number of nitrogens with one attached hydrogen (secondary N) is 1. The minimum atomic E-state index is -0.103. The monoisotopic (exact) mass is 249 g/mol. The van der Waals surface area contributed by atoms with E-state index in [0.29, 0.717) is 6.54 Å². The van der Waals surface area contributed by atoms with Crippen LogP contribution < -0.4 is 5.32 Å². The van der Waals surface area contributed by atoms with Crippen LogP contribution in [-0.2, 0) is 9.53 Å². The van der Waals surface area contributed by atoms with E-state index in [1.165, 1.54) is 0 Å². The molecule has 0 radical (unpaired) electrons. The number of halogens is 1. The quantitative estimate of drug-likeness (QED) is 0.735. The van der Waals surface area contributed by atoms with Gasteiger partial charge in [-0.1, -0.05) is 20.8 Å². The van der Waals surface area contributed by atoms with Gasteiger partial charge in [-0.25, -0.2) is 0 Å². The van der Waals surface area contributed by atoms with Crippen molar-refractivity contribution in [3.8, 4) is 0 Å². The SMILES string of the molecule is CC(C)OCC(=O)NCC(Cl)CC(C)(C)C. The molecule has 4 heteroatoms. The number of rotatable bonds is 6. The fraction of sp³-hybridized carbons (Fsp3) is 0.917.